The van der Waals surface area contributed by atoms with Gasteiger partial charge in [-0.2, -0.15) is 0 Å². The van der Waals surface area contributed by atoms with Crippen molar-refractivity contribution in [2.45, 2.75) is 63.8 Å². The summed E-state index contributed by atoms with van der Waals surface area (Å²) >= 11 is 0. The zero-order chi connectivity index (χ0) is 19.7. The summed E-state index contributed by atoms with van der Waals surface area (Å²) in [6.45, 7) is 11.4. The Bertz CT molecular complexity index is 470. The summed E-state index contributed by atoms with van der Waals surface area (Å²) in [6.07, 6.45) is 10.6. The van der Waals surface area contributed by atoms with Gasteiger partial charge in [-0.25, -0.2) is 0 Å². The number of hydrogen-bond donors (Lipinski definition) is 2. The highest BCUT2D eigenvalue weighted by molar-refractivity contribution is 14.0. The number of piperidine rings is 1. The molecule has 2 aliphatic heterocycles. The maximum absolute atomic E-state index is 5.61. The van der Waals surface area contributed by atoms with Crippen molar-refractivity contribution in [1.82, 2.24) is 20.4 Å². The molecule has 2 saturated heterocycles. The Balaban J connectivity index is 0.00000300. The smallest absolute Gasteiger partial charge is 0.191 e. The molecular formula is C22H44IN5O. The molecule has 6 nitrogen and oxygen atoms in total. The number of rotatable bonds is 7. The van der Waals surface area contributed by atoms with E-state index >= 15 is 0 Å². The molecule has 0 aromatic rings. The van der Waals surface area contributed by atoms with Gasteiger partial charge < -0.3 is 20.3 Å². The van der Waals surface area contributed by atoms with Gasteiger partial charge in [0.05, 0.1) is 19.8 Å². The lowest BCUT2D eigenvalue weighted by atomic mass is 9.80. The van der Waals surface area contributed by atoms with Crippen molar-refractivity contribution in [2.24, 2.45) is 10.9 Å². The fraction of sp³-hybridized carbons (Fsp3) is 0.955. The predicted molar refractivity (Wildman–Crippen MR) is 132 cm³/mol. The summed E-state index contributed by atoms with van der Waals surface area (Å²) in [5.41, 5.74) is 0.248. The summed E-state index contributed by atoms with van der Waals surface area (Å²) in [4.78, 5) is 10.2. The van der Waals surface area contributed by atoms with Gasteiger partial charge in [-0.3, -0.25) is 9.89 Å². The molecule has 3 aliphatic rings. The molecule has 0 amide bonds. The van der Waals surface area contributed by atoms with E-state index in [9.17, 15) is 0 Å². The van der Waals surface area contributed by atoms with Gasteiger partial charge in [-0.05, 0) is 65.1 Å². The van der Waals surface area contributed by atoms with Crippen molar-refractivity contribution in [3.05, 3.63) is 0 Å². The Morgan fingerprint density at radius 1 is 1.03 bits per heavy atom. The molecule has 0 atom stereocenters. The number of nitrogens with zero attached hydrogens (tertiary/aromatic N) is 3. The van der Waals surface area contributed by atoms with Gasteiger partial charge in [0, 0.05) is 31.7 Å². The minimum atomic E-state index is 0. The van der Waals surface area contributed by atoms with E-state index in [1.165, 1.54) is 64.5 Å². The van der Waals surface area contributed by atoms with Gasteiger partial charge in [0.1, 0.15) is 0 Å². The average molecular weight is 522 g/mol. The van der Waals surface area contributed by atoms with Crippen LogP contribution in [0.2, 0.25) is 0 Å². The first-order chi connectivity index (χ1) is 13.7. The SMILES string of the molecule is CCNC(=NCC1(N2CCOCC2)CCCCC1)NCCC1CCN(C)CC1.I. The van der Waals surface area contributed by atoms with E-state index in [0.29, 0.717) is 0 Å². The first-order valence-corrected chi connectivity index (χ1v) is 11.8. The Morgan fingerprint density at radius 2 is 1.72 bits per heavy atom. The summed E-state index contributed by atoms with van der Waals surface area (Å²) < 4.78 is 5.61. The molecule has 2 heterocycles. The van der Waals surface area contributed by atoms with Crippen molar-refractivity contribution < 1.29 is 4.74 Å². The lowest BCUT2D eigenvalue weighted by Crippen LogP contribution is -2.56. The standard InChI is InChI=1S/C22H43N5O.HI/c1-3-23-21(24-12-7-20-8-13-26(2)14-9-20)25-19-22(10-5-4-6-11-22)27-15-17-28-18-16-27;/h20H,3-19H2,1-2H3,(H2,23,24,25);1H. The van der Waals surface area contributed by atoms with Crippen molar-refractivity contribution >= 4 is 29.9 Å². The van der Waals surface area contributed by atoms with Crippen LogP contribution >= 0.6 is 24.0 Å². The summed E-state index contributed by atoms with van der Waals surface area (Å²) in [7, 11) is 2.24. The molecule has 1 saturated carbocycles. The number of morpholine rings is 1. The Morgan fingerprint density at radius 3 is 2.38 bits per heavy atom. The Hall–Kier alpha value is -0.120. The molecule has 3 rings (SSSR count). The van der Waals surface area contributed by atoms with Gasteiger partial charge >= 0.3 is 0 Å². The van der Waals surface area contributed by atoms with E-state index in [4.69, 9.17) is 9.73 Å². The highest BCUT2D eigenvalue weighted by atomic mass is 127. The van der Waals surface area contributed by atoms with Crippen LogP contribution in [0.15, 0.2) is 4.99 Å². The molecule has 29 heavy (non-hydrogen) atoms. The second-order valence-corrected chi connectivity index (χ2v) is 9.04. The number of hydrogen-bond acceptors (Lipinski definition) is 4. The highest BCUT2D eigenvalue weighted by Crippen LogP contribution is 2.34. The maximum atomic E-state index is 5.61. The van der Waals surface area contributed by atoms with Gasteiger partial charge in [-0.1, -0.05) is 19.3 Å². The van der Waals surface area contributed by atoms with Crippen LogP contribution in [0, 0.1) is 5.92 Å². The van der Waals surface area contributed by atoms with Crippen LogP contribution < -0.4 is 10.6 Å². The molecule has 7 heteroatoms. The van der Waals surface area contributed by atoms with E-state index in [1.807, 2.05) is 0 Å². The third-order valence-corrected chi connectivity index (χ3v) is 7.03. The van der Waals surface area contributed by atoms with E-state index in [-0.39, 0.29) is 29.5 Å². The van der Waals surface area contributed by atoms with E-state index in [2.05, 4.69) is 34.4 Å². The van der Waals surface area contributed by atoms with Crippen LogP contribution in [0.1, 0.15) is 58.3 Å². The molecule has 2 N–H and O–H groups in total. The quantitative estimate of drug-likeness (QED) is 0.307. The van der Waals surface area contributed by atoms with Gasteiger partial charge in [0.25, 0.3) is 0 Å². The number of nitrogens with one attached hydrogen (secondary N) is 2. The fourth-order valence-electron chi connectivity index (χ4n) is 5.14. The molecule has 0 spiro atoms. The van der Waals surface area contributed by atoms with Gasteiger partial charge in [-0.15, -0.1) is 24.0 Å². The van der Waals surface area contributed by atoms with Gasteiger partial charge in [0.15, 0.2) is 5.96 Å². The van der Waals surface area contributed by atoms with E-state index in [0.717, 1.165) is 57.8 Å². The Kier molecular flexibility index (Phi) is 11.6. The number of halogens is 1. The van der Waals surface area contributed by atoms with Crippen molar-refractivity contribution in [3.8, 4) is 0 Å². The van der Waals surface area contributed by atoms with Gasteiger partial charge in [0.2, 0.25) is 0 Å². The molecule has 3 fully saturated rings. The minimum Gasteiger partial charge on any atom is -0.379 e. The summed E-state index contributed by atoms with van der Waals surface area (Å²) in [5, 5.41) is 7.10. The number of likely N-dealkylation sites (tertiary alicyclic amines) is 1. The normalized spacial score (nSPS) is 24.7. The molecule has 0 radical (unpaired) electrons. The number of aliphatic imine (C=N–C) groups is 1. The first-order valence-electron chi connectivity index (χ1n) is 11.8. The molecule has 0 bridgehead atoms. The van der Waals surface area contributed by atoms with Crippen molar-refractivity contribution in [1.29, 1.82) is 0 Å². The third-order valence-electron chi connectivity index (χ3n) is 7.03. The van der Waals surface area contributed by atoms with Crippen LogP contribution in [0.4, 0.5) is 0 Å². The second kappa shape index (κ2) is 13.3. The van der Waals surface area contributed by atoms with Crippen LogP contribution in [-0.4, -0.2) is 87.4 Å². The van der Waals surface area contributed by atoms with Crippen LogP contribution in [0.3, 0.4) is 0 Å². The number of guanidine groups is 1. The van der Waals surface area contributed by atoms with E-state index in [1.54, 1.807) is 0 Å². The predicted octanol–water partition coefficient (Wildman–Crippen LogP) is 2.93. The lowest BCUT2D eigenvalue weighted by Gasteiger charge is -2.47. The first kappa shape index (κ1) is 25.1. The molecule has 0 aromatic carbocycles. The molecular weight excluding hydrogens is 477 g/mol. The summed E-state index contributed by atoms with van der Waals surface area (Å²) in [5.74, 6) is 1.87. The number of ether oxygens (including phenoxy) is 1. The van der Waals surface area contributed by atoms with Crippen molar-refractivity contribution in [3.63, 3.8) is 0 Å². The minimum absolute atomic E-state index is 0. The zero-order valence-corrected chi connectivity index (χ0v) is 21.1. The van der Waals surface area contributed by atoms with Crippen LogP contribution in [0.5, 0.6) is 0 Å². The fourth-order valence-corrected chi connectivity index (χ4v) is 5.14. The molecule has 0 unspecified atom stereocenters. The average Bonchev–Trinajstić information content (AvgIpc) is 2.75. The van der Waals surface area contributed by atoms with Crippen LogP contribution in [-0.2, 0) is 4.74 Å². The zero-order valence-electron chi connectivity index (χ0n) is 18.8. The largest absolute Gasteiger partial charge is 0.379 e. The molecule has 170 valence electrons. The second-order valence-electron chi connectivity index (χ2n) is 9.04. The topological polar surface area (TPSA) is 52.1 Å². The Labute approximate surface area is 195 Å². The maximum Gasteiger partial charge on any atom is 0.191 e. The molecule has 1 aliphatic carbocycles. The van der Waals surface area contributed by atoms with Crippen molar-refractivity contribution in [2.75, 3.05) is 66.1 Å². The highest BCUT2D eigenvalue weighted by Gasteiger charge is 2.38. The third kappa shape index (κ3) is 7.82. The van der Waals surface area contributed by atoms with E-state index < -0.39 is 0 Å². The summed E-state index contributed by atoms with van der Waals surface area (Å²) in [6, 6.07) is 0. The van der Waals surface area contributed by atoms with Crippen LogP contribution in [0.25, 0.3) is 0 Å². The lowest BCUT2D eigenvalue weighted by molar-refractivity contribution is -0.0333. The monoisotopic (exact) mass is 521 g/mol. The molecule has 0 aromatic heterocycles.